The number of anilines is 1. The van der Waals surface area contributed by atoms with Gasteiger partial charge in [0.2, 0.25) is 0 Å². The second kappa shape index (κ2) is 5.02. The van der Waals surface area contributed by atoms with Gasteiger partial charge in [0.1, 0.15) is 0 Å². The van der Waals surface area contributed by atoms with Crippen molar-refractivity contribution in [2.45, 2.75) is 20.3 Å². The zero-order valence-electron chi connectivity index (χ0n) is 10.0. The fraction of sp³-hybridized carbons (Fsp3) is 0.538. The molecule has 0 aliphatic carbocycles. The van der Waals surface area contributed by atoms with Crippen LogP contribution >= 0.6 is 15.9 Å². The van der Waals surface area contributed by atoms with Crippen molar-refractivity contribution >= 4 is 21.6 Å². The number of hydrogen-bond donors (Lipinski definition) is 0. The Bertz CT molecular complexity index is 318. The van der Waals surface area contributed by atoms with Crippen molar-refractivity contribution in [1.29, 1.82) is 0 Å². The molecule has 2 heteroatoms. The van der Waals surface area contributed by atoms with Crippen LogP contribution in [-0.4, -0.2) is 19.4 Å². The van der Waals surface area contributed by atoms with Gasteiger partial charge in [-0.25, -0.2) is 0 Å². The number of alkyl halides is 1. The largest absolute Gasteiger partial charge is 0.377 e. The monoisotopic (exact) mass is 269 g/mol. The van der Waals surface area contributed by atoms with Crippen LogP contribution in [0.1, 0.15) is 19.4 Å². The Kier molecular flexibility index (Phi) is 4.21. The molecule has 15 heavy (non-hydrogen) atoms. The molecule has 1 aromatic carbocycles. The highest BCUT2D eigenvalue weighted by molar-refractivity contribution is 9.09. The summed E-state index contributed by atoms with van der Waals surface area (Å²) in [7, 11) is 4.19. The number of nitrogens with zero attached hydrogens (tertiary/aromatic N) is 1. The Hall–Kier alpha value is -0.500. The molecule has 0 fully saturated rings. The molecule has 0 aromatic heterocycles. The first-order valence-corrected chi connectivity index (χ1v) is 6.39. The van der Waals surface area contributed by atoms with Gasteiger partial charge in [-0.05, 0) is 23.5 Å². The van der Waals surface area contributed by atoms with Crippen LogP contribution < -0.4 is 4.90 Å². The van der Waals surface area contributed by atoms with Crippen molar-refractivity contribution in [3.8, 4) is 0 Å². The van der Waals surface area contributed by atoms with Crippen LogP contribution in [0.2, 0.25) is 0 Å². The molecule has 0 saturated heterocycles. The number of hydrogen-bond acceptors (Lipinski definition) is 1. The van der Waals surface area contributed by atoms with Crippen LogP contribution in [-0.2, 0) is 6.42 Å². The summed E-state index contributed by atoms with van der Waals surface area (Å²) in [5.74, 6) is 0. The lowest BCUT2D eigenvalue weighted by Gasteiger charge is -2.25. The van der Waals surface area contributed by atoms with E-state index in [1.165, 1.54) is 11.3 Å². The van der Waals surface area contributed by atoms with E-state index in [1.54, 1.807) is 0 Å². The van der Waals surface area contributed by atoms with Crippen molar-refractivity contribution in [3.63, 3.8) is 0 Å². The van der Waals surface area contributed by atoms with Gasteiger partial charge in [0.05, 0.1) is 0 Å². The van der Waals surface area contributed by atoms with E-state index in [0.29, 0.717) is 5.41 Å². The predicted molar refractivity (Wildman–Crippen MR) is 72.0 cm³/mol. The summed E-state index contributed by atoms with van der Waals surface area (Å²) >= 11 is 3.58. The molecule has 1 rings (SSSR count). The Labute approximate surface area is 102 Å². The summed E-state index contributed by atoms with van der Waals surface area (Å²) in [6, 6.07) is 8.62. The van der Waals surface area contributed by atoms with Gasteiger partial charge >= 0.3 is 0 Å². The van der Waals surface area contributed by atoms with E-state index in [1.807, 2.05) is 0 Å². The fourth-order valence-corrected chi connectivity index (χ4v) is 1.86. The van der Waals surface area contributed by atoms with Crippen molar-refractivity contribution < 1.29 is 0 Å². The SMILES string of the molecule is CN(C)c1ccccc1CC(C)(C)CBr. The minimum absolute atomic E-state index is 0.312. The molecule has 0 heterocycles. The van der Waals surface area contributed by atoms with Gasteiger partial charge in [0.25, 0.3) is 0 Å². The number of rotatable bonds is 4. The average molecular weight is 270 g/mol. The predicted octanol–water partition coefficient (Wildman–Crippen LogP) is 3.72. The van der Waals surface area contributed by atoms with E-state index in [4.69, 9.17) is 0 Å². The zero-order chi connectivity index (χ0) is 11.5. The lowest BCUT2D eigenvalue weighted by Crippen LogP contribution is -2.19. The number of benzene rings is 1. The standard InChI is InChI=1S/C13H20BrN/c1-13(2,10-14)9-11-7-5-6-8-12(11)15(3)4/h5-8H,9-10H2,1-4H3. The first-order valence-electron chi connectivity index (χ1n) is 5.27. The van der Waals surface area contributed by atoms with Gasteiger partial charge in [0.15, 0.2) is 0 Å². The topological polar surface area (TPSA) is 3.24 Å². The van der Waals surface area contributed by atoms with E-state index < -0.39 is 0 Å². The lowest BCUT2D eigenvalue weighted by atomic mass is 9.87. The Morgan fingerprint density at radius 3 is 2.33 bits per heavy atom. The smallest absolute Gasteiger partial charge is 0.0393 e. The molecule has 0 N–H and O–H groups in total. The molecule has 0 atom stereocenters. The Morgan fingerprint density at radius 1 is 1.20 bits per heavy atom. The molecular formula is C13H20BrN. The third kappa shape index (κ3) is 3.53. The van der Waals surface area contributed by atoms with Gasteiger partial charge in [-0.2, -0.15) is 0 Å². The maximum Gasteiger partial charge on any atom is 0.0393 e. The molecule has 1 nitrogen and oxygen atoms in total. The van der Waals surface area contributed by atoms with Crippen molar-refractivity contribution in [2.75, 3.05) is 24.3 Å². The van der Waals surface area contributed by atoms with Gasteiger partial charge < -0.3 is 4.90 Å². The summed E-state index contributed by atoms with van der Waals surface area (Å²) < 4.78 is 0. The molecule has 0 aliphatic heterocycles. The summed E-state index contributed by atoms with van der Waals surface area (Å²) in [6.07, 6.45) is 1.10. The van der Waals surface area contributed by atoms with Crippen LogP contribution in [0.15, 0.2) is 24.3 Å². The van der Waals surface area contributed by atoms with E-state index >= 15 is 0 Å². The Morgan fingerprint density at radius 2 is 1.80 bits per heavy atom. The van der Waals surface area contributed by atoms with Crippen molar-refractivity contribution in [1.82, 2.24) is 0 Å². The van der Waals surface area contributed by atoms with Gasteiger partial charge in [-0.1, -0.05) is 48.0 Å². The molecule has 0 unspecified atom stereocenters. The number of halogens is 1. The minimum atomic E-state index is 0.312. The minimum Gasteiger partial charge on any atom is -0.377 e. The average Bonchev–Trinajstić information content (AvgIpc) is 2.18. The maximum atomic E-state index is 3.58. The second-order valence-corrected chi connectivity index (χ2v) is 5.56. The highest BCUT2D eigenvalue weighted by atomic mass is 79.9. The van der Waals surface area contributed by atoms with Crippen molar-refractivity contribution in [3.05, 3.63) is 29.8 Å². The number of para-hydroxylation sites is 1. The first-order chi connectivity index (χ1) is 6.96. The third-order valence-electron chi connectivity index (χ3n) is 2.50. The van der Waals surface area contributed by atoms with E-state index in [-0.39, 0.29) is 0 Å². The molecule has 0 radical (unpaired) electrons. The lowest BCUT2D eigenvalue weighted by molar-refractivity contribution is 0.425. The highest BCUT2D eigenvalue weighted by Crippen LogP contribution is 2.28. The summed E-state index contributed by atoms with van der Waals surface area (Å²) in [4.78, 5) is 2.18. The van der Waals surface area contributed by atoms with Gasteiger partial charge in [-0.15, -0.1) is 0 Å². The molecule has 0 saturated carbocycles. The zero-order valence-corrected chi connectivity index (χ0v) is 11.6. The van der Waals surface area contributed by atoms with Crippen LogP contribution in [0, 0.1) is 5.41 Å². The van der Waals surface area contributed by atoms with Crippen LogP contribution in [0.3, 0.4) is 0 Å². The van der Waals surface area contributed by atoms with Gasteiger partial charge in [-0.3, -0.25) is 0 Å². The quantitative estimate of drug-likeness (QED) is 0.754. The maximum absolute atomic E-state index is 3.58. The highest BCUT2D eigenvalue weighted by Gasteiger charge is 2.18. The van der Waals surface area contributed by atoms with Crippen LogP contribution in [0.5, 0.6) is 0 Å². The fourth-order valence-electron chi connectivity index (χ4n) is 1.66. The summed E-state index contributed by atoms with van der Waals surface area (Å²) in [5, 5.41) is 1.03. The molecule has 1 aromatic rings. The molecule has 0 bridgehead atoms. The molecule has 0 spiro atoms. The molecule has 84 valence electrons. The molecular weight excluding hydrogens is 250 g/mol. The van der Waals surface area contributed by atoms with E-state index in [2.05, 4.69) is 73.0 Å². The van der Waals surface area contributed by atoms with E-state index in [0.717, 1.165) is 11.8 Å². The first kappa shape index (κ1) is 12.6. The van der Waals surface area contributed by atoms with Crippen molar-refractivity contribution in [2.24, 2.45) is 5.41 Å². The summed E-state index contributed by atoms with van der Waals surface area (Å²) in [5.41, 5.74) is 3.06. The Balaban J connectivity index is 2.94. The molecule has 0 aliphatic rings. The molecule has 0 amide bonds. The second-order valence-electron chi connectivity index (χ2n) is 5.00. The van der Waals surface area contributed by atoms with E-state index in [9.17, 15) is 0 Å². The third-order valence-corrected chi connectivity index (χ3v) is 4.02. The van der Waals surface area contributed by atoms with Gasteiger partial charge in [0, 0.05) is 25.1 Å². The normalized spacial score (nSPS) is 11.5. The van der Waals surface area contributed by atoms with Crippen LogP contribution in [0.25, 0.3) is 0 Å². The van der Waals surface area contributed by atoms with Crippen LogP contribution in [0.4, 0.5) is 5.69 Å². The summed E-state index contributed by atoms with van der Waals surface area (Å²) in [6.45, 7) is 4.57.